The van der Waals surface area contributed by atoms with E-state index in [0.29, 0.717) is 12.0 Å². The van der Waals surface area contributed by atoms with Crippen molar-refractivity contribution in [3.05, 3.63) is 0 Å². The summed E-state index contributed by atoms with van der Waals surface area (Å²) in [7, 11) is 0. The van der Waals surface area contributed by atoms with Gasteiger partial charge in [-0.05, 0) is 31.6 Å². The smallest absolute Gasteiger partial charge is 0.243 e. The summed E-state index contributed by atoms with van der Waals surface area (Å²) in [5.74, 6) is 0.268. The second-order valence-corrected chi connectivity index (χ2v) is 6.77. The minimum absolute atomic E-state index is 0.0441. The minimum atomic E-state index is -0.324. The van der Waals surface area contributed by atoms with Crippen LogP contribution in [-0.4, -0.2) is 23.9 Å². The molecule has 0 spiro atoms. The van der Waals surface area contributed by atoms with E-state index in [0.717, 1.165) is 25.7 Å². The Kier molecular flexibility index (Phi) is 6.52. The first kappa shape index (κ1) is 16.3. The summed E-state index contributed by atoms with van der Waals surface area (Å²) >= 11 is 0. The van der Waals surface area contributed by atoms with Crippen molar-refractivity contribution >= 4 is 11.8 Å². The van der Waals surface area contributed by atoms with Crippen molar-refractivity contribution < 1.29 is 9.59 Å². The van der Waals surface area contributed by atoms with Gasteiger partial charge in [-0.1, -0.05) is 44.9 Å². The van der Waals surface area contributed by atoms with Crippen LogP contribution in [0, 0.1) is 5.92 Å². The van der Waals surface area contributed by atoms with E-state index in [1.165, 1.54) is 51.9 Å². The van der Waals surface area contributed by atoms with E-state index < -0.39 is 0 Å². The highest BCUT2D eigenvalue weighted by molar-refractivity contribution is 5.87. The van der Waals surface area contributed by atoms with Crippen LogP contribution in [0.3, 0.4) is 0 Å². The van der Waals surface area contributed by atoms with Crippen molar-refractivity contribution in [2.24, 2.45) is 5.92 Å². The highest BCUT2D eigenvalue weighted by Crippen LogP contribution is 2.28. The Balaban J connectivity index is 1.91. The Morgan fingerprint density at radius 2 is 1.38 bits per heavy atom. The molecule has 0 aromatic heterocycles. The number of rotatable bonds is 4. The molecule has 0 unspecified atom stereocenters. The van der Waals surface area contributed by atoms with E-state index in [1.807, 2.05) is 0 Å². The van der Waals surface area contributed by atoms with E-state index in [1.54, 1.807) is 0 Å². The SMILES string of the molecule is CC(=O)N[C@H](C(=O)NC1CCCCCCC1)C1CCCC1. The quantitative estimate of drug-likeness (QED) is 0.837. The number of carbonyl (C=O) groups excluding carboxylic acids is 2. The number of amides is 2. The number of hydrogen-bond acceptors (Lipinski definition) is 2. The van der Waals surface area contributed by atoms with Crippen LogP contribution in [-0.2, 0) is 9.59 Å². The standard InChI is InChI=1S/C17H30N2O2/c1-13(20)18-16(14-9-7-8-10-14)17(21)19-15-11-5-3-2-4-6-12-15/h14-16H,2-12H2,1H3,(H,18,20)(H,19,21)/t16-/m0/s1. The van der Waals surface area contributed by atoms with Crippen molar-refractivity contribution in [3.63, 3.8) is 0 Å². The lowest BCUT2D eigenvalue weighted by Gasteiger charge is -2.27. The topological polar surface area (TPSA) is 58.2 Å². The number of nitrogens with one attached hydrogen (secondary N) is 2. The first-order valence-corrected chi connectivity index (χ1v) is 8.74. The monoisotopic (exact) mass is 294 g/mol. The summed E-state index contributed by atoms with van der Waals surface area (Å²) in [5, 5.41) is 6.10. The Labute approximate surface area is 128 Å². The summed E-state index contributed by atoms with van der Waals surface area (Å²) in [4.78, 5) is 24.0. The van der Waals surface area contributed by atoms with Gasteiger partial charge < -0.3 is 10.6 Å². The molecule has 120 valence electrons. The second kappa shape index (κ2) is 8.40. The Morgan fingerprint density at radius 3 is 1.95 bits per heavy atom. The molecule has 0 aromatic rings. The van der Waals surface area contributed by atoms with Gasteiger partial charge in [0.05, 0.1) is 0 Å². The normalized spacial score (nSPS) is 23.1. The fourth-order valence-electron chi connectivity index (χ4n) is 3.80. The fraction of sp³-hybridized carbons (Fsp3) is 0.882. The third-order valence-electron chi connectivity index (χ3n) is 4.96. The van der Waals surface area contributed by atoms with Crippen molar-refractivity contribution in [2.75, 3.05) is 0 Å². The minimum Gasteiger partial charge on any atom is -0.352 e. The van der Waals surface area contributed by atoms with E-state index in [9.17, 15) is 9.59 Å². The molecule has 2 N–H and O–H groups in total. The maximum atomic E-state index is 12.6. The summed E-state index contributed by atoms with van der Waals surface area (Å²) in [6, 6.07) is -0.0223. The molecule has 0 aromatic carbocycles. The first-order valence-electron chi connectivity index (χ1n) is 8.74. The lowest BCUT2D eigenvalue weighted by molar-refractivity contribution is -0.130. The molecule has 1 atom stereocenters. The van der Waals surface area contributed by atoms with Crippen LogP contribution < -0.4 is 10.6 Å². The van der Waals surface area contributed by atoms with Crippen LogP contribution >= 0.6 is 0 Å². The average Bonchev–Trinajstić information content (AvgIpc) is 2.92. The molecule has 0 saturated heterocycles. The molecule has 21 heavy (non-hydrogen) atoms. The summed E-state index contributed by atoms with van der Waals surface area (Å²) in [6.07, 6.45) is 13.0. The van der Waals surface area contributed by atoms with Crippen LogP contribution in [0.2, 0.25) is 0 Å². The van der Waals surface area contributed by atoms with Crippen molar-refractivity contribution in [3.8, 4) is 0 Å². The molecule has 4 heteroatoms. The van der Waals surface area contributed by atoms with Crippen LogP contribution in [0.5, 0.6) is 0 Å². The van der Waals surface area contributed by atoms with Crippen molar-refractivity contribution in [1.29, 1.82) is 0 Å². The van der Waals surface area contributed by atoms with E-state index in [4.69, 9.17) is 0 Å². The van der Waals surface area contributed by atoms with Gasteiger partial charge in [-0.15, -0.1) is 0 Å². The van der Waals surface area contributed by atoms with Gasteiger partial charge in [0.15, 0.2) is 0 Å². The van der Waals surface area contributed by atoms with Gasteiger partial charge in [-0.25, -0.2) is 0 Å². The maximum Gasteiger partial charge on any atom is 0.243 e. The molecule has 2 aliphatic carbocycles. The average molecular weight is 294 g/mol. The molecule has 4 nitrogen and oxygen atoms in total. The third-order valence-corrected chi connectivity index (χ3v) is 4.96. The first-order chi connectivity index (χ1) is 10.2. The fourth-order valence-corrected chi connectivity index (χ4v) is 3.80. The Bertz CT molecular complexity index is 343. The largest absolute Gasteiger partial charge is 0.352 e. The molecule has 0 heterocycles. The van der Waals surface area contributed by atoms with Gasteiger partial charge in [-0.2, -0.15) is 0 Å². The predicted molar refractivity (Wildman–Crippen MR) is 83.8 cm³/mol. The number of hydrogen-bond donors (Lipinski definition) is 2. The van der Waals surface area contributed by atoms with E-state index in [2.05, 4.69) is 10.6 Å². The Morgan fingerprint density at radius 1 is 0.857 bits per heavy atom. The lowest BCUT2D eigenvalue weighted by atomic mass is 9.94. The second-order valence-electron chi connectivity index (χ2n) is 6.77. The molecule has 2 saturated carbocycles. The van der Waals surface area contributed by atoms with Gasteiger partial charge >= 0.3 is 0 Å². The molecule has 0 radical (unpaired) electrons. The van der Waals surface area contributed by atoms with E-state index >= 15 is 0 Å². The summed E-state index contributed by atoms with van der Waals surface area (Å²) in [6.45, 7) is 1.51. The molecule has 2 amide bonds. The van der Waals surface area contributed by atoms with Gasteiger partial charge in [0.2, 0.25) is 11.8 Å². The molecule has 2 rings (SSSR count). The van der Waals surface area contributed by atoms with Gasteiger partial charge in [-0.3, -0.25) is 9.59 Å². The van der Waals surface area contributed by atoms with Gasteiger partial charge in [0.25, 0.3) is 0 Å². The maximum absolute atomic E-state index is 12.6. The van der Waals surface area contributed by atoms with Gasteiger partial charge in [0.1, 0.15) is 6.04 Å². The van der Waals surface area contributed by atoms with Crippen LogP contribution in [0.4, 0.5) is 0 Å². The zero-order valence-corrected chi connectivity index (χ0v) is 13.3. The third kappa shape index (κ3) is 5.33. The zero-order valence-electron chi connectivity index (χ0n) is 13.3. The van der Waals surface area contributed by atoms with Gasteiger partial charge in [0, 0.05) is 13.0 Å². The number of carbonyl (C=O) groups is 2. The lowest BCUT2D eigenvalue weighted by Crippen LogP contribution is -2.52. The highest BCUT2D eigenvalue weighted by Gasteiger charge is 2.32. The zero-order chi connectivity index (χ0) is 15.1. The molecular formula is C17H30N2O2. The van der Waals surface area contributed by atoms with Crippen molar-refractivity contribution in [2.45, 2.75) is 89.6 Å². The predicted octanol–water partition coefficient (Wildman–Crippen LogP) is 2.91. The van der Waals surface area contributed by atoms with Crippen molar-refractivity contribution in [1.82, 2.24) is 10.6 Å². The van der Waals surface area contributed by atoms with Crippen LogP contribution in [0.1, 0.15) is 77.6 Å². The molecule has 2 fully saturated rings. The van der Waals surface area contributed by atoms with Crippen LogP contribution in [0.15, 0.2) is 0 Å². The summed E-state index contributed by atoms with van der Waals surface area (Å²) in [5.41, 5.74) is 0. The molecule has 0 bridgehead atoms. The Hall–Kier alpha value is -1.06. The van der Waals surface area contributed by atoms with Crippen LogP contribution in [0.25, 0.3) is 0 Å². The highest BCUT2D eigenvalue weighted by atomic mass is 16.2. The molecule has 0 aliphatic heterocycles. The van der Waals surface area contributed by atoms with E-state index in [-0.39, 0.29) is 17.9 Å². The summed E-state index contributed by atoms with van der Waals surface area (Å²) < 4.78 is 0. The molecule has 2 aliphatic rings. The molecular weight excluding hydrogens is 264 g/mol.